The van der Waals surface area contributed by atoms with Crippen molar-refractivity contribution >= 4 is 10.9 Å². The van der Waals surface area contributed by atoms with Gasteiger partial charge in [-0.2, -0.15) is 13.2 Å². The largest absolute Gasteiger partial charge is 0.494 e. The Morgan fingerprint density at radius 1 is 0.778 bits per heavy atom. The number of para-hydroxylation sites is 1. The molecular formula is C29H28F3NO3. The molecule has 0 amide bonds. The lowest BCUT2D eigenvalue weighted by atomic mass is 10.0. The highest BCUT2D eigenvalue weighted by Gasteiger charge is 2.30. The summed E-state index contributed by atoms with van der Waals surface area (Å²) in [6, 6.07) is 24.2. The molecule has 4 nitrogen and oxygen atoms in total. The van der Waals surface area contributed by atoms with Gasteiger partial charge >= 0.3 is 6.18 Å². The summed E-state index contributed by atoms with van der Waals surface area (Å²) in [5.41, 5.74) is 1.80. The van der Waals surface area contributed by atoms with E-state index in [0.717, 1.165) is 47.1 Å². The molecule has 4 aromatic rings. The highest BCUT2D eigenvalue weighted by atomic mass is 19.4. The molecule has 0 radical (unpaired) electrons. The number of halogens is 3. The van der Waals surface area contributed by atoms with Gasteiger partial charge in [-0.05, 0) is 67.3 Å². The van der Waals surface area contributed by atoms with Crippen LogP contribution < -0.4 is 9.47 Å². The number of fused-ring (bicyclic) bond motifs is 1. The minimum atomic E-state index is -4.38. The van der Waals surface area contributed by atoms with Crippen LogP contribution in [0.2, 0.25) is 0 Å². The second-order valence-corrected chi connectivity index (χ2v) is 8.60. The summed E-state index contributed by atoms with van der Waals surface area (Å²) in [5, 5.41) is 11.7. The highest BCUT2D eigenvalue weighted by molar-refractivity contribution is 5.78. The number of aliphatic hydroxyl groups is 1. The molecule has 0 fully saturated rings. The Kier molecular flexibility index (Phi) is 8.44. The SMILES string of the molecule is OC(CCCCCOc1cccc(C(F)(F)F)c1)c1cccc(OCc2ccc3ccccc3n2)c1. The Hall–Kier alpha value is -3.58. The minimum Gasteiger partial charge on any atom is -0.494 e. The summed E-state index contributed by atoms with van der Waals surface area (Å²) in [6.45, 7) is 0.653. The van der Waals surface area contributed by atoms with E-state index in [4.69, 9.17) is 9.47 Å². The lowest BCUT2D eigenvalue weighted by molar-refractivity contribution is -0.137. The highest BCUT2D eigenvalue weighted by Crippen LogP contribution is 2.31. The number of alkyl halides is 3. The van der Waals surface area contributed by atoms with Crippen molar-refractivity contribution in [2.75, 3.05) is 6.61 Å². The van der Waals surface area contributed by atoms with Crippen LogP contribution >= 0.6 is 0 Å². The molecule has 0 saturated heterocycles. The van der Waals surface area contributed by atoms with Crippen molar-refractivity contribution in [2.24, 2.45) is 0 Å². The first-order valence-electron chi connectivity index (χ1n) is 11.9. The van der Waals surface area contributed by atoms with Gasteiger partial charge in [-0.3, -0.25) is 0 Å². The second kappa shape index (κ2) is 11.9. The Morgan fingerprint density at radius 3 is 2.39 bits per heavy atom. The molecular weight excluding hydrogens is 467 g/mol. The molecule has 1 atom stereocenters. The summed E-state index contributed by atoms with van der Waals surface area (Å²) in [7, 11) is 0. The van der Waals surface area contributed by atoms with E-state index in [2.05, 4.69) is 4.98 Å². The fourth-order valence-corrected chi connectivity index (χ4v) is 3.89. The lowest BCUT2D eigenvalue weighted by Crippen LogP contribution is -2.05. The summed E-state index contributed by atoms with van der Waals surface area (Å²) < 4.78 is 49.7. The number of hydrogen-bond acceptors (Lipinski definition) is 4. The van der Waals surface area contributed by atoms with Crippen molar-refractivity contribution in [2.45, 2.75) is 44.6 Å². The Morgan fingerprint density at radius 2 is 1.56 bits per heavy atom. The van der Waals surface area contributed by atoms with Crippen LogP contribution in [-0.2, 0) is 12.8 Å². The molecule has 1 aromatic heterocycles. The number of benzene rings is 3. The minimum absolute atomic E-state index is 0.209. The van der Waals surface area contributed by atoms with Crippen LogP contribution in [0.15, 0.2) is 84.9 Å². The number of rotatable bonds is 11. The van der Waals surface area contributed by atoms with Crippen LogP contribution in [0.4, 0.5) is 13.2 Å². The first kappa shape index (κ1) is 25.5. The molecule has 0 aliphatic carbocycles. The average molecular weight is 496 g/mol. The van der Waals surface area contributed by atoms with Crippen LogP contribution in [0.1, 0.15) is 48.6 Å². The Bertz CT molecular complexity index is 1280. The Labute approximate surface area is 208 Å². The number of aromatic nitrogens is 1. The van der Waals surface area contributed by atoms with E-state index in [1.807, 2.05) is 60.7 Å². The molecule has 0 aliphatic rings. The van der Waals surface area contributed by atoms with Gasteiger partial charge < -0.3 is 14.6 Å². The number of hydrogen-bond donors (Lipinski definition) is 1. The monoisotopic (exact) mass is 495 g/mol. The Balaban J connectivity index is 1.19. The standard InChI is InChI=1S/C29H28F3NO3/c30-29(31,32)23-10-7-12-26(19-23)35-17-5-1-2-14-28(34)22-9-6-11-25(18-22)36-20-24-16-15-21-8-3-4-13-27(21)33-24/h3-4,6-13,15-16,18-19,28,34H,1-2,5,14,17,20H2. The predicted molar refractivity (Wildman–Crippen MR) is 133 cm³/mol. The second-order valence-electron chi connectivity index (χ2n) is 8.60. The van der Waals surface area contributed by atoms with E-state index in [9.17, 15) is 18.3 Å². The van der Waals surface area contributed by atoms with Gasteiger partial charge in [-0.15, -0.1) is 0 Å². The fourth-order valence-electron chi connectivity index (χ4n) is 3.89. The van der Waals surface area contributed by atoms with E-state index < -0.39 is 17.8 Å². The van der Waals surface area contributed by atoms with Gasteiger partial charge in [0, 0.05) is 5.39 Å². The van der Waals surface area contributed by atoms with Gasteiger partial charge in [0.05, 0.1) is 29.5 Å². The molecule has 36 heavy (non-hydrogen) atoms. The first-order chi connectivity index (χ1) is 17.4. The molecule has 4 rings (SSSR count). The zero-order valence-corrected chi connectivity index (χ0v) is 19.7. The molecule has 0 spiro atoms. The van der Waals surface area contributed by atoms with Crippen LogP contribution in [0.3, 0.4) is 0 Å². The normalized spacial score (nSPS) is 12.4. The van der Waals surface area contributed by atoms with Crippen LogP contribution in [0.25, 0.3) is 10.9 Å². The predicted octanol–water partition coefficient (Wildman–Crippen LogP) is 7.51. The van der Waals surface area contributed by atoms with E-state index in [1.54, 1.807) is 0 Å². The summed E-state index contributed by atoms with van der Waals surface area (Å²) >= 11 is 0. The van der Waals surface area contributed by atoms with Crippen LogP contribution in [0, 0.1) is 0 Å². The van der Waals surface area contributed by atoms with E-state index in [-0.39, 0.29) is 5.75 Å². The smallest absolute Gasteiger partial charge is 0.416 e. The maximum atomic E-state index is 12.8. The van der Waals surface area contributed by atoms with Crippen molar-refractivity contribution in [1.29, 1.82) is 0 Å². The van der Waals surface area contributed by atoms with Crippen molar-refractivity contribution in [1.82, 2.24) is 4.98 Å². The molecule has 1 N–H and O–H groups in total. The quantitative estimate of drug-likeness (QED) is 0.219. The molecule has 0 aliphatic heterocycles. The first-order valence-corrected chi connectivity index (χ1v) is 11.9. The third-order valence-corrected chi connectivity index (χ3v) is 5.84. The van der Waals surface area contributed by atoms with Gasteiger partial charge in [0.25, 0.3) is 0 Å². The van der Waals surface area contributed by atoms with Crippen LogP contribution in [0.5, 0.6) is 11.5 Å². The number of ether oxygens (including phenoxy) is 2. The van der Waals surface area contributed by atoms with Gasteiger partial charge in [0.1, 0.15) is 18.1 Å². The topological polar surface area (TPSA) is 51.6 Å². The summed E-state index contributed by atoms with van der Waals surface area (Å²) in [5.74, 6) is 0.872. The van der Waals surface area contributed by atoms with Gasteiger partial charge in [0.15, 0.2) is 0 Å². The molecule has 1 unspecified atom stereocenters. The third kappa shape index (κ3) is 7.21. The zero-order valence-electron chi connectivity index (χ0n) is 19.7. The maximum absolute atomic E-state index is 12.8. The molecule has 0 saturated carbocycles. The van der Waals surface area contributed by atoms with Crippen molar-refractivity contribution in [3.05, 3.63) is 102 Å². The van der Waals surface area contributed by atoms with Crippen LogP contribution in [-0.4, -0.2) is 16.7 Å². The molecule has 0 bridgehead atoms. The zero-order chi connectivity index (χ0) is 25.4. The molecule has 188 valence electrons. The molecule has 7 heteroatoms. The fraction of sp³-hybridized carbons (Fsp3) is 0.276. The molecule has 3 aromatic carbocycles. The maximum Gasteiger partial charge on any atom is 0.416 e. The van der Waals surface area contributed by atoms with Crippen molar-refractivity contribution in [3.8, 4) is 11.5 Å². The third-order valence-electron chi connectivity index (χ3n) is 5.84. The summed E-state index contributed by atoms with van der Waals surface area (Å²) in [6.07, 6.45) is -2.20. The van der Waals surface area contributed by atoms with Crippen molar-refractivity contribution in [3.63, 3.8) is 0 Å². The molecule has 1 heterocycles. The number of aliphatic hydroxyl groups excluding tert-OH is 1. The van der Waals surface area contributed by atoms with Gasteiger partial charge in [0.2, 0.25) is 0 Å². The number of pyridine rings is 1. The number of unbranched alkanes of at least 4 members (excludes halogenated alkanes) is 2. The van der Waals surface area contributed by atoms with E-state index in [0.29, 0.717) is 31.8 Å². The van der Waals surface area contributed by atoms with Gasteiger partial charge in [-0.25, -0.2) is 4.98 Å². The van der Waals surface area contributed by atoms with Gasteiger partial charge in [-0.1, -0.05) is 48.9 Å². The van der Waals surface area contributed by atoms with E-state index >= 15 is 0 Å². The lowest BCUT2D eigenvalue weighted by Gasteiger charge is -2.13. The summed E-state index contributed by atoms with van der Waals surface area (Å²) in [4.78, 5) is 4.61. The van der Waals surface area contributed by atoms with E-state index in [1.165, 1.54) is 12.1 Å². The van der Waals surface area contributed by atoms with Crippen molar-refractivity contribution < 1.29 is 27.8 Å². The average Bonchev–Trinajstić information content (AvgIpc) is 2.89. The number of nitrogens with zero attached hydrogens (tertiary/aromatic N) is 1.